The lowest BCUT2D eigenvalue weighted by molar-refractivity contribution is -0.0174. The Kier molecular flexibility index (Phi) is 6.55. The number of aliphatic hydroxyl groups is 1. The molecule has 144 valence electrons. The molecule has 2 atom stereocenters. The van der Waals surface area contributed by atoms with E-state index in [1.807, 2.05) is 50.5 Å². The van der Waals surface area contributed by atoms with Gasteiger partial charge in [0.1, 0.15) is 5.60 Å². The van der Waals surface area contributed by atoms with Gasteiger partial charge in [0.2, 0.25) is 0 Å². The summed E-state index contributed by atoms with van der Waals surface area (Å²) in [5.41, 5.74) is 1.65. The lowest BCUT2D eigenvalue weighted by Gasteiger charge is -2.44. The van der Waals surface area contributed by atoms with Gasteiger partial charge in [-0.1, -0.05) is 53.0 Å². The Hall–Kier alpha value is -1.03. The highest BCUT2D eigenvalue weighted by molar-refractivity contribution is 6.34. The molecule has 1 saturated carbocycles. The Morgan fingerprint density at radius 3 is 2.26 bits per heavy atom. The van der Waals surface area contributed by atoms with Crippen molar-refractivity contribution in [2.45, 2.75) is 24.9 Å². The predicted molar refractivity (Wildman–Crippen MR) is 116 cm³/mol. The first-order valence-corrected chi connectivity index (χ1v) is 10.2. The second-order valence-corrected chi connectivity index (χ2v) is 8.81. The van der Waals surface area contributed by atoms with Crippen molar-refractivity contribution in [3.05, 3.63) is 74.2 Å². The van der Waals surface area contributed by atoms with Crippen LogP contribution in [0, 0.1) is 5.92 Å². The molecule has 2 aromatic carbocycles. The van der Waals surface area contributed by atoms with E-state index in [4.69, 9.17) is 34.8 Å². The summed E-state index contributed by atoms with van der Waals surface area (Å²) in [6, 6.07) is 13.0. The average molecular weight is 425 g/mol. The molecule has 0 bridgehead atoms. The first kappa shape index (κ1) is 20.7. The zero-order valence-corrected chi connectivity index (χ0v) is 17.8. The summed E-state index contributed by atoms with van der Waals surface area (Å²) in [5, 5.41) is 13.8. The minimum Gasteiger partial charge on any atom is -0.380 e. The lowest BCUT2D eigenvalue weighted by Crippen LogP contribution is -2.44. The van der Waals surface area contributed by atoms with Gasteiger partial charge in [-0.15, -0.1) is 0 Å². The molecule has 5 heteroatoms. The van der Waals surface area contributed by atoms with Crippen LogP contribution in [0.3, 0.4) is 0 Å². The van der Waals surface area contributed by atoms with Gasteiger partial charge in [0.15, 0.2) is 0 Å². The summed E-state index contributed by atoms with van der Waals surface area (Å²) in [7, 11) is 4.06. The first-order valence-electron chi connectivity index (χ1n) is 9.09. The molecule has 2 aromatic rings. The van der Waals surface area contributed by atoms with Crippen LogP contribution in [0.1, 0.15) is 30.4 Å². The van der Waals surface area contributed by atoms with Crippen molar-refractivity contribution >= 4 is 40.9 Å². The highest BCUT2D eigenvalue weighted by atomic mass is 35.5. The molecule has 1 fully saturated rings. The second-order valence-electron chi connectivity index (χ2n) is 7.50. The third kappa shape index (κ3) is 4.70. The predicted octanol–water partition coefficient (Wildman–Crippen LogP) is 6.28. The lowest BCUT2D eigenvalue weighted by atomic mass is 9.67. The monoisotopic (exact) mass is 423 g/mol. The zero-order valence-electron chi connectivity index (χ0n) is 15.6. The molecule has 0 spiro atoms. The van der Waals surface area contributed by atoms with E-state index in [2.05, 4.69) is 11.0 Å². The average Bonchev–Trinajstić information content (AvgIpc) is 2.59. The number of nitrogens with zero attached hydrogens (tertiary/aromatic N) is 1. The number of benzene rings is 2. The number of hydrogen-bond acceptors (Lipinski definition) is 2. The number of hydrogen-bond donors (Lipinski definition) is 1. The fourth-order valence-electron chi connectivity index (χ4n) is 4.00. The van der Waals surface area contributed by atoms with Crippen LogP contribution in [0.25, 0.3) is 6.08 Å². The van der Waals surface area contributed by atoms with Crippen LogP contribution in [0.5, 0.6) is 0 Å². The van der Waals surface area contributed by atoms with Gasteiger partial charge >= 0.3 is 0 Å². The summed E-state index contributed by atoms with van der Waals surface area (Å²) in [6.45, 7) is 0.776. The molecular weight excluding hydrogens is 401 g/mol. The summed E-state index contributed by atoms with van der Waals surface area (Å²) in [6.07, 6.45) is 4.88. The molecule has 2 unspecified atom stereocenters. The van der Waals surface area contributed by atoms with E-state index in [-0.39, 0.29) is 5.92 Å². The van der Waals surface area contributed by atoms with Crippen LogP contribution in [0.2, 0.25) is 15.1 Å². The van der Waals surface area contributed by atoms with Crippen molar-refractivity contribution in [1.82, 2.24) is 4.90 Å². The maximum atomic E-state index is 12.0. The molecule has 1 aliphatic carbocycles. The van der Waals surface area contributed by atoms with Gasteiger partial charge < -0.3 is 10.0 Å². The van der Waals surface area contributed by atoms with Crippen LogP contribution in [0.15, 0.2) is 48.0 Å². The maximum absolute atomic E-state index is 12.0. The normalized spacial score (nSPS) is 24.6. The highest BCUT2D eigenvalue weighted by Crippen LogP contribution is 2.47. The van der Waals surface area contributed by atoms with Gasteiger partial charge in [0.25, 0.3) is 0 Å². The van der Waals surface area contributed by atoms with Crippen LogP contribution >= 0.6 is 34.8 Å². The van der Waals surface area contributed by atoms with E-state index >= 15 is 0 Å². The highest BCUT2D eigenvalue weighted by Gasteiger charge is 2.44. The molecule has 2 nitrogen and oxygen atoms in total. The third-order valence-corrected chi connectivity index (χ3v) is 5.87. The van der Waals surface area contributed by atoms with E-state index < -0.39 is 5.60 Å². The van der Waals surface area contributed by atoms with Crippen molar-refractivity contribution in [3.63, 3.8) is 0 Å². The number of halogens is 3. The molecule has 0 heterocycles. The molecular formula is C22H24Cl3NO. The maximum Gasteiger partial charge on any atom is 0.115 e. The first-order chi connectivity index (χ1) is 12.8. The third-order valence-electron chi connectivity index (χ3n) is 5.18. The SMILES string of the molecule is CN(C)CC1CCCC(=Cc2ccc(Cl)cc2)C1(O)c1cc(Cl)cc(Cl)c1. The van der Waals surface area contributed by atoms with Crippen molar-refractivity contribution in [3.8, 4) is 0 Å². The van der Waals surface area contributed by atoms with Crippen LogP contribution in [-0.2, 0) is 5.60 Å². The van der Waals surface area contributed by atoms with E-state index in [1.54, 1.807) is 6.07 Å². The summed E-state index contributed by atoms with van der Waals surface area (Å²) in [5.74, 6) is 0.0503. The van der Waals surface area contributed by atoms with Crippen LogP contribution in [-0.4, -0.2) is 30.6 Å². The van der Waals surface area contributed by atoms with E-state index in [9.17, 15) is 5.11 Å². The molecule has 0 aliphatic heterocycles. The molecule has 0 aromatic heterocycles. The standard InChI is InChI=1S/C22H24Cl3NO/c1-26(2)14-17-5-3-4-16(10-15-6-8-19(23)9-7-15)22(17,27)18-11-20(24)13-21(25)12-18/h6-13,17,27H,3-5,14H2,1-2H3. The Balaban J connectivity index is 2.13. The van der Waals surface area contributed by atoms with Gasteiger partial charge in [-0.2, -0.15) is 0 Å². The van der Waals surface area contributed by atoms with Gasteiger partial charge in [0.05, 0.1) is 0 Å². The quantitative estimate of drug-likeness (QED) is 0.624. The summed E-state index contributed by atoms with van der Waals surface area (Å²) in [4.78, 5) is 2.12. The van der Waals surface area contributed by atoms with Crippen molar-refractivity contribution < 1.29 is 5.11 Å². The fraction of sp³-hybridized carbons (Fsp3) is 0.364. The van der Waals surface area contributed by atoms with E-state index in [1.165, 1.54) is 0 Å². The molecule has 1 N–H and O–H groups in total. The molecule has 27 heavy (non-hydrogen) atoms. The van der Waals surface area contributed by atoms with Gasteiger partial charge in [-0.3, -0.25) is 0 Å². The molecule has 0 amide bonds. The topological polar surface area (TPSA) is 23.5 Å². The fourth-order valence-corrected chi connectivity index (χ4v) is 4.65. The Labute approximate surface area is 176 Å². The second kappa shape index (κ2) is 8.55. The molecule has 3 rings (SSSR count). The van der Waals surface area contributed by atoms with E-state index in [0.717, 1.165) is 42.5 Å². The Bertz CT molecular complexity index is 812. The number of rotatable bonds is 4. The van der Waals surface area contributed by atoms with Crippen molar-refractivity contribution in [1.29, 1.82) is 0 Å². The molecule has 0 saturated heterocycles. The minimum atomic E-state index is -1.11. The van der Waals surface area contributed by atoms with Gasteiger partial charge in [0, 0.05) is 27.5 Å². The minimum absolute atomic E-state index is 0.0503. The summed E-state index contributed by atoms with van der Waals surface area (Å²) < 4.78 is 0. The zero-order chi connectivity index (χ0) is 19.6. The van der Waals surface area contributed by atoms with Crippen LogP contribution in [0.4, 0.5) is 0 Å². The van der Waals surface area contributed by atoms with Gasteiger partial charge in [-0.05, 0) is 80.4 Å². The smallest absolute Gasteiger partial charge is 0.115 e. The van der Waals surface area contributed by atoms with Gasteiger partial charge in [-0.25, -0.2) is 0 Å². The molecule has 0 radical (unpaired) electrons. The van der Waals surface area contributed by atoms with Crippen molar-refractivity contribution in [2.75, 3.05) is 20.6 Å². The van der Waals surface area contributed by atoms with E-state index in [0.29, 0.717) is 15.1 Å². The largest absolute Gasteiger partial charge is 0.380 e. The Morgan fingerprint density at radius 2 is 1.67 bits per heavy atom. The van der Waals surface area contributed by atoms with Crippen molar-refractivity contribution in [2.24, 2.45) is 5.92 Å². The molecule has 1 aliphatic rings. The summed E-state index contributed by atoms with van der Waals surface area (Å²) >= 11 is 18.6. The van der Waals surface area contributed by atoms with Crippen LogP contribution < -0.4 is 0 Å². The Morgan fingerprint density at radius 1 is 1.04 bits per heavy atom.